The summed E-state index contributed by atoms with van der Waals surface area (Å²) in [6, 6.07) is 33.3. The number of amides is 2. The van der Waals surface area contributed by atoms with Crippen molar-refractivity contribution < 1.29 is 28.9 Å². The van der Waals surface area contributed by atoms with Crippen LogP contribution in [0.15, 0.2) is 103 Å². The average molecular weight is 695 g/mol. The van der Waals surface area contributed by atoms with Crippen molar-refractivity contribution in [2.75, 3.05) is 32.7 Å². The fraction of sp³-hybridized carbons (Fsp3) is 0.366. The number of nitrogens with zero attached hydrogens (tertiary/aromatic N) is 1. The maximum Gasteiger partial charge on any atom is 0.255 e. The number of aryl methyl sites for hydroxylation is 1. The Morgan fingerprint density at radius 1 is 0.840 bits per heavy atom. The van der Waals surface area contributed by atoms with E-state index in [1.165, 1.54) is 5.19 Å². The van der Waals surface area contributed by atoms with E-state index in [4.69, 9.17) is 14.2 Å². The van der Waals surface area contributed by atoms with E-state index in [0.717, 1.165) is 35.4 Å². The van der Waals surface area contributed by atoms with Crippen molar-refractivity contribution in [1.82, 2.24) is 4.90 Å². The lowest BCUT2D eigenvalue weighted by Crippen LogP contribution is -2.51. The normalized spacial score (nSPS) is 18.8. The van der Waals surface area contributed by atoms with Gasteiger partial charge in [0.1, 0.15) is 11.5 Å². The largest absolute Gasteiger partial charge is 0.497 e. The smallest absolute Gasteiger partial charge is 0.255 e. The number of ether oxygens (including phenoxy) is 3. The van der Waals surface area contributed by atoms with Crippen molar-refractivity contribution in [3.8, 4) is 11.5 Å². The summed E-state index contributed by atoms with van der Waals surface area (Å²) in [5.74, 6) is 1.55. The van der Waals surface area contributed by atoms with Gasteiger partial charge in [-0.05, 0) is 84.0 Å². The molecule has 0 spiro atoms. The highest BCUT2D eigenvalue weighted by Gasteiger charge is 2.51. The summed E-state index contributed by atoms with van der Waals surface area (Å²) in [6.07, 6.45) is 1.52. The van der Waals surface area contributed by atoms with Gasteiger partial charge in [-0.25, -0.2) is 0 Å². The molecule has 4 aromatic carbocycles. The highest BCUT2D eigenvalue weighted by atomic mass is 28.3. The molecule has 1 aliphatic rings. The molecule has 264 valence electrons. The molecule has 1 fully saturated rings. The molecule has 0 aliphatic carbocycles. The molecule has 9 heteroatoms. The van der Waals surface area contributed by atoms with Crippen LogP contribution in [0.25, 0.3) is 0 Å². The van der Waals surface area contributed by atoms with Crippen LogP contribution in [0.3, 0.4) is 0 Å². The van der Waals surface area contributed by atoms with Gasteiger partial charge in [0.15, 0.2) is 0 Å². The Kier molecular flexibility index (Phi) is 12.5. The molecular formula is C41H50N2O6Si. The second-order valence-electron chi connectivity index (χ2n) is 13.7. The standard InChI is InChI=1S/C41H50N2O6Si/c1-29-37(23-14-30-12-9-13-33(26-30)42-41(46)32-15-17-34(47-2)18-16-32)49-38(40(29)50(4,5)36-21-19-35(48-3)20-22-36)27-39(45)43(24-25-44)28-31-10-7-6-8-11-31/h6-13,15-22,26,29,37-38,40,44H,14,23-25,27-28H2,1-5H3,(H,42,46)/t29-,37+,38-,40+/m1/s1. The summed E-state index contributed by atoms with van der Waals surface area (Å²) >= 11 is 0. The van der Waals surface area contributed by atoms with Gasteiger partial charge in [-0.3, -0.25) is 9.59 Å². The van der Waals surface area contributed by atoms with Crippen LogP contribution in [-0.2, 0) is 22.5 Å². The molecule has 2 amide bonds. The molecule has 4 atom stereocenters. The number of aliphatic hydroxyl groups excluding tert-OH is 1. The minimum Gasteiger partial charge on any atom is -0.497 e. The van der Waals surface area contributed by atoms with Gasteiger partial charge in [0.25, 0.3) is 5.91 Å². The zero-order valence-electron chi connectivity index (χ0n) is 29.8. The van der Waals surface area contributed by atoms with Gasteiger partial charge in [-0.15, -0.1) is 0 Å². The second kappa shape index (κ2) is 17.0. The van der Waals surface area contributed by atoms with Crippen LogP contribution in [0, 0.1) is 5.92 Å². The summed E-state index contributed by atoms with van der Waals surface area (Å²) in [5, 5.41) is 14.2. The molecule has 0 saturated carbocycles. The molecule has 1 saturated heterocycles. The second-order valence-corrected chi connectivity index (χ2v) is 18.4. The molecule has 2 N–H and O–H groups in total. The minimum absolute atomic E-state index is 0.00872. The van der Waals surface area contributed by atoms with E-state index in [1.54, 1.807) is 43.4 Å². The SMILES string of the molecule is COc1ccc(C(=O)Nc2cccc(CC[C@@H]3O[C@H](CC(=O)N(CCO)Cc4ccccc4)[C@@H]([Si](C)(C)c4ccc(OC)cc4)[C@@H]3C)c2)cc1. The highest BCUT2D eigenvalue weighted by molar-refractivity contribution is 6.91. The maximum atomic E-state index is 13.9. The van der Waals surface area contributed by atoms with Gasteiger partial charge >= 0.3 is 0 Å². The first-order valence-electron chi connectivity index (χ1n) is 17.4. The number of hydrogen-bond acceptors (Lipinski definition) is 6. The molecule has 0 unspecified atom stereocenters. The van der Waals surface area contributed by atoms with E-state index in [9.17, 15) is 14.7 Å². The molecule has 50 heavy (non-hydrogen) atoms. The summed E-state index contributed by atoms with van der Waals surface area (Å²) < 4.78 is 17.6. The number of rotatable bonds is 15. The van der Waals surface area contributed by atoms with Crippen LogP contribution in [0.2, 0.25) is 18.6 Å². The van der Waals surface area contributed by atoms with E-state index in [2.05, 4.69) is 43.5 Å². The first-order chi connectivity index (χ1) is 24.1. The molecule has 4 aromatic rings. The Morgan fingerprint density at radius 2 is 1.48 bits per heavy atom. The van der Waals surface area contributed by atoms with Crippen molar-refractivity contribution in [3.05, 3.63) is 120 Å². The maximum absolute atomic E-state index is 13.9. The Morgan fingerprint density at radius 3 is 2.12 bits per heavy atom. The molecule has 1 heterocycles. The fourth-order valence-electron chi connectivity index (χ4n) is 7.42. The average Bonchev–Trinajstić information content (AvgIpc) is 3.45. The third-order valence-electron chi connectivity index (χ3n) is 10.1. The predicted molar refractivity (Wildman–Crippen MR) is 201 cm³/mol. The summed E-state index contributed by atoms with van der Waals surface area (Å²) in [5.41, 5.74) is 3.61. The summed E-state index contributed by atoms with van der Waals surface area (Å²) in [7, 11) is 1.10. The monoisotopic (exact) mass is 694 g/mol. The number of carbonyl (C=O) groups excluding carboxylic acids is 2. The molecule has 1 aliphatic heterocycles. The van der Waals surface area contributed by atoms with Crippen LogP contribution < -0.4 is 20.0 Å². The van der Waals surface area contributed by atoms with Gasteiger partial charge in [0.05, 0.1) is 47.5 Å². The number of carbonyl (C=O) groups is 2. The zero-order chi connectivity index (χ0) is 35.7. The molecule has 5 rings (SSSR count). The van der Waals surface area contributed by atoms with Crippen LogP contribution in [-0.4, -0.2) is 69.5 Å². The Hall–Kier alpha value is -4.44. The lowest BCUT2D eigenvalue weighted by atomic mass is 9.95. The first kappa shape index (κ1) is 36.8. The van der Waals surface area contributed by atoms with E-state index < -0.39 is 8.07 Å². The minimum atomic E-state index is -2.17. The number of anilines is 1. The lowest BCUT2D eigenvalue weighted by molar-refractivity contribution is -0.135. The zero-order valence-corrected chi connectivity index (χ0v) is 30.8. The van der Waals surface area contributed by atoms with Crippen LogP contribution in [0.1, 0.15) is 41.3 Å². The first-order valence-corrected chi connectivity index (χ1v) is 20.5. The Labute approximate surface area is 297 Å². The number of benzene rings is 4. The van der Waals surface area contributed by atoms with Crippen molar-refractivity contribution in [2.45, 2.75) is 63.6 Å². The number of aliphatic hydroxyl groups is 1. The van der Waals surface area contributed by atoms with E-state index in [1.807, 2.05) is 60.7 Å². The van der Waals surface area contributed by atoms with Crippen molar-refractivity contribution in [2.24, 2.45) is 5.92 Å². The van der Waals surface area contributed by atoms with Crippen molar-refractivity contribution >= 4 is 30.8 Å². The van der Waals surface area contributed by atoms with Crippen molar-refractivity contribution in [1.29, 1.82) is 0 Å². The lowest BCUT2D eigenvalue weighted by Gasteiger charge is -2.36. The highest BCUT2D eigenvalue weighted by Crippen LogP contribution is 2.46. The quantitative estimate of drug-likeness (QED) is 0.135. The molecule has 8 nitrogen and oxygen atoms in total. The fourth-order valence-corrected chi connectivity index (χ4v) is 11.5. The van der Waals surface area contributed by atoms with Crippen molar-refractivity contribution in [3.63, 3.8) is 0 Å². The molecular weight excluding hydrogens is 645 g/mol. The number of nitrogens with one attached hydrogen (secondary N) is 1. The number of hydrogen-bond donors (Lipinski definition) is 2. The summed E-state index contributed by atoms with van der Waals surface area (Å²) in [6.45, 7) is 7.65. The molecule has 0 aromatic heterocycles. The molecule has 0 radical (unpaired) electrons. The predicted octanol–water partition coefficient (Wildman–Crippen LogP) is 6.69. The summed E-state index contributed by atoms with van der Waals surface area (Å²) in [4.78, 5) is 28.6. The Bertz CT molecular complexity index is 1700. The topological polar surface area (TPSA) is 97.3 Å². The van der Waals surface area contributed by atoms with E-state index in [0.29, 0.717) is 17.9 Å². The number of methoxy groups -OCH3 is 2. The van der Waals surface area contributed by atoms with E-state index >= 15 is 0 Å². The Balaban J connectivity index is 1.32. The van der Waals surface area contributed by atoms with Crippen LogP contribution in [0.5, 0.6) is 11.5 Å². The van der Waals surface area contributed by atoms with Gasteiger partial charge in [0, 0.05) is 24.3 Å². The van der Waals surface area contributed by atoms with Gasteiger partial charge in [-0.1, -0.05) is 79.8 Å². The van der Waals surface area contributed by atoms with Gasteiger partial charge in [-0.2, -0.15) is 0 Å². The van der Waals surface area contributed by atoms with Crippen LogP contribution in [0.4, 0.5) is 5.69 Å². The third kappa shape index (κ3) is 9.01. The molecule has 0 bridgehead atoms. The van der Waals surface area contributed by atoms with E-state index in [-0.39, 0.29) is 55.1 Å². The third-order valence-corrected chi connectivity index (χ3v) is 14.5. The van der Waals surface area contributed by atoms with Gasteiger partial charge in [0.2, 0.25) is 5.91 Å². The van der Waals surface area contributed by atoms with Crippen LogP contribution >= 0.6 is 0 Å². The van der Waals surface area contributed by atoms with Gasteiger partial charge < -0.3 is 29.5 Å².